The highest BCUT2D eigenvalue weighted by molar-refractivity contribution is 6.04. The molecule has 0 unspecified atom stereocenters. The summed E-state index contributed by atoms with van der Waals surface area (Å²) in [7, 11) is 0. The molecule has 0 fully saturated rings. The molecule has 1 N–H and O–H groups in total. The van der Waals surface area contributed by atoms with Crippen molar-refractivity contribution in [1.82, 2.24) is 0 Å². The van der Waals surface area contributed by atoms with Crippen molar-refractivity contribution in [3.05, 3.63) is 72.5 Å². The van der Waals surface area contributed by atoms with Crippen LogP contribution in [0.25, 0.3) is 0 Å². The third-order valence-corrected chi connectivity index (χ3v) is 2.50. The maximum atomic E-state index is 12.1. The molecule has 19 heavy (non-hydrogen) atoms. The summed E-state index contributed by atoms with van der Waals surface area (Å²) in [5, 5.41) is 2.84. The van der Waals surface area contributed by atoms with E-state index < -0.39 is 0 Å². The Balaban J connectivity index is 2.17. The van der Waals surface area contributed by atoms with E-state index in [4.69, 9.17) is 4.74 Å². The van der Waals surface area contributed by atoms with Crippen LogP contribution < -0.4 is 10.1 Å². The van der Waals surface area contributed by atoms with Gasteiger partial charge in [-0.15, -0.1) is 0 Å². The van der Waals surface area contributed by atoms with Crippen LogP contribution in [0.2, 0.25) is 0 Å². The molecule has 0 atom stereocenters. The van der Waals surface area contributed by atoms with Gasteiger partial charge in [0.25, 0.3) is 5.91 Å². The Bertz CT molecular complexity index is 576. The molecule has 3 nitrogen and oxygen atoms in total. The first-order valence-corrected chi connectivity index (χ1v) is 6.04. The molecule has 2 aromatic rings. The summed E-state index contributed by atoms with van der Waals surface area (Å²) in [6, 6.07) is 16.4. The average Bonchev–Trinajstić information content (AvgIpc) is 2.47. The summed E-state index contributed by atoms with van der Waals surface area (Å²) in [5.41, 5.74) is 1.26. The second-order valence-corrected chi connectivity index (χ2v) is 3.90. The van der Waals surface area contributed by atoms with Crippen molar-refractivity contribution in [1.29, 1.82) is 0 Å². The molecule has 0 saturated carbocycles. The van der Waals surface area contributed by atoms with Crippen LogP contribution in [0.3, 0.4) is 0 Å². The molecule has 3 heteroatoms. The lowest BCUT2D eigenvalue weighted by Crippen LogP contribution is -2.12. The zero-order valence-electron chi connectivity index (χ0n) is 10.7. The molecular weight excluding hydrogens is 238 g/mol. The van der Waals surface area contributed by atoms with Crippen LogP contribution in [-0.4, -0.2) is 5.91 Å². The molecule has 96 valence electrons. The van der Waals surface area contributed by atoms with Crippen molar-refractivity contribution in [2.45, 2.75) is 6.92 Å². The lowest BCUT2D eigenvalue weighted by atomic mass is 10.2. The minimum atomic E-state index is -0.155. The predicted octanol–water partition coefficient (Wildman–Crippen LogP) is 3.85. The van der Waals surface area contributed by atoms with E-state index in [1.165, 1.54) is 0 Å². The van der Waals surface area contributed by atoms with Gasteiger partial charge < -0.3 is 10.1 Å². The van der Waals surface area contributed by atoms with E-state index in [0.717, 1.165) is 0 Å². The van der Waals surface area contributed by atoms with Gasteiger partial charge in [-0.3, -0.25) is 4.79 Å². The van der Waals surface area contributed by atoms with Gasteiger partial charge in [-0.1, -0.05) is 36.4 Å². The second-order valence-electron chi connectivity index (χ2n) is 3.90. The molecule has 0 radical (unpaired) electrons. The van der Waals surface area contributed by atoms with Crippen molar-refractivity contribution in [2.75, 3.05) is 5.32 Å². The summed E-state index contributed by atoms with van der Waals surface area (Å²) in [6.45, 7) is 1.87. The zero-order valence-corrected chi connectivity index (χ0v) is 10.7. The number of nitrogens with one attached hydrogen (secondary N) is 1. The van der Waals surface area contributed by atoms with E-state index in [1.54, 1.807) is 36.6 Å². The molecule has 0 heterocycles. The minimum Gasteiger partial charge on any atom is -0.463 e. The van der Waals surface area contributed by atoms with Gasteiger partial charge in [0, 0.05) is 5.56 Å². The standard InChI is InChI=1S/C16H15NO2/c1-2-12-19-15-11-7-6-10-14(15)17-16(18)13-8-4-3-5-9-13/h2-12H,1H3,(H,17,18)/b12-2+. The molecule has 1 amide bonds. The molecule has 0 bridgehead atoms. The van der Waals surface area contributed by atoms with Crippen LogP contribution in [-0.2, 0) is 0 Å². The van der Waals surface area contributed by atoms with Gasteiger partial charge in [-0.05, 0) is 31.2 Å². The molecule has 0 saturated heterocycles. The van der Waals surface area contributed by atoms with E-state index in [2.05, 4.69) is 5.32 Å². The Labute approximate surface area is 112 Å². The van der Waals surface area contributed by atoms with Crippen molar-refractivity contribution >= 4 is 11.6 Å². The van der Waals surface area contributed by atoms with Crippen LogP contribution in [0.5, 0.6) is 5.75 Å². The monoisotopic (exact) mass is 253 g/mol. The van der Waals surface area contributed by atoms with Gasteiger partial charge in [0.05, 0.1) is 11.9 Å². The van der Waals surface area contributed by atoms with Crippen LogP contribution >= 0.6 is 0 Å². The number of para-hydroxylation sites is 2. The average molecular weight is 253 g/mol. The number of hydrogen-bond acceptors (Lipinski definition) is 2. The largest absolute Gasteiger partial charge is 0.463 e. The number of ether oxygens (including phenoxy) is 1. The SMILES string of the molecule is C/C=C/Oc1ccccc1NC(=O)c1ccccc1. The van der Waals surface area contributed by atoms with Gasteiger partial charge >= 0.3 is 0 Å². The number of rotatable bonds is 4. The number of amides is 1. The smallest absolute Gasteiger partial charge is 0.255 e. The predicted molar refractivity (Wildman–Crippen MR) is 76.3 cm³/mol. The summed E-state index contributed by atoms with van der Waals surface area (Å²) in [6.07, 6.45) is 3.36. The van der Waals surface area contributed by atoms with Crippen molar-refractivity contribution in [3.8, 4) is 5.75 Å². The third-order valence-electron chi connectivity index (χ3n) is 2.50. The fourth-order valence-electron chi connectivity index (χ4n) is 1.60. The van der Waals surface area contributed by atoms with E-state index in [-0.39, 0.29) is 5.91 Å². The summed E-state index contributed by atoms with van der Waals surface area (Å²) < 4.78 is 5.43. The van der Waals surface area contributed by atoms with Crippen LogP contribution in [0, 0.1) is 0 Å². The first kappa shape index (κ1) is 12.9. The number of carbonyl (C=O) groups is 1. The maximum Gasteiger partial charge on any atom is 0.255 e. The Kier molecular flexibility index (Phi) is 4.34. The quantitative estimate of drug-likeness (QED) is 0.840. The Morgan fingerprint density at radius 3 is 2.47 bits per heavy atom. The number of allylic oxidation sites excluding steroid dienone is 1. The number of benzene rings is 2. The van der Waals surface area contributed by atoms with E-state index >= 15 is 0 Å². The van der Waals surface area contributed by atoms with Gasteiger partial charge in [-0.2, -0.15) is 0 Å². The lowest BCUT2D eigenvalue weighted by Gasteiger charge is -2.09. The van der Waals surface area contributed by atoms with Gasteiger partial charge in [0.15, 0.2) is 0 Å². The number of carbonyl (C=O) groups excluding carboxylic acids is 1. The van der Waals surface area contributed by atoms with Gasteiger partial charge in [0.2, 0.25) is 0 Å². The first-order valence-electron chi connectivity index (χ1n) is 6.04. The highest BCUT2D eigenvalue weighted by atomic mass is 16.5. The fourth-order valence-corrected chi connectivity index (χ4v) is 1.60. The van der Waals surface area contributed by atoms with E-state index in [1.807, 2.05) is 37.3 Å². The van der Waals surface area contributed by atoms with E-state index in [0.29, 0.717) is 17.0 Å². The van der Waals surface area contributed by atoms with Gasteiger partial charge in [-0.25, -0.2) is 0 Å². The molecule has 2 rings (SSSR count). The molecule has 0 aliphatic rings. The summed E-state index contributed by atoms with van der Waals surface area (Å²) in [5.74, 6) is 0.460. The highest BCUT2D eigenvalue weighted by Crippen LogP contribution is 2.24. The number of hydrogen-bond donors (Lipinski definition) is 1. The van der Waals surface area contributed by atoms with E-state index in [9.17, 15) is 4.79 Å². The Morgan fingerprint density at radius 1 is 1.05 bits per heavy atom. The lowest BCUT2D eigenvalue weighted by molar-refractivity contribution is 0.102. The Morgan fingerprint density at radius 2 is 1.74 bits per heavy atom. The van der Waals surface area contributed by atoms with Crippen molar-refractivity contribution in [3.63, 3.8) is 0 Å². The molecule has 0 aliphatic heterocycles. The molecule has 0 spiro atoms. The Hall–Kier alpha value is -2.55. The first-order chi connectivity index (χ1) is 9.31. The molecule has 2 aromatic carbocycles. The maximum absolute atomic E-state index is 12.1. The zero-order chi connectivity index (χ0) is 13.5. The number of anilines is 1. The van der Waals surface area contributed by atoms with Crippen LogP contribution in [0.1, 0.15) is 17.3 Å². The normalized spacial score (nSPS) is 10.4. The highest BCUT2D eigenvalue weighted by Gasteiger charge is 2.08. The fraction of sp³-hybridized carbons (Fsp3) is 0.0625. The summed E-state index contributed by atoms with van der Waals surface area (Å²) in [4.78, 5) is 12.1. The topological polar surface area (TPSA) is 38.3 Å². The minimum absolute atomic E-state index is 0.155. The van der Waals surface area contributed by atoms with Crippen LogP contribution in [0.15, 0.2) is 66.9 Å². The third kappa shape index (κ3) is 3.45. The van der Waals surface area contributed by atoms with Gasteiger partial charge in [0.1, 0.15) is 5.75 Å². The van der Waals surface area contributed by atoms with Crippen molar-refractivity contribution < 1.29 is 9.53 Å². The molecular formula is C16H15NO2. The molecule has 0 aromatic heterocycles. The molecule has 0 aliphatic carbocycles. The van der Waals surface area contributed by atoms with Crippen LogP contribution in [0.4, 0.5) is 5.69 Å². The van der Waals surface area contributed by atoms with Crippen molar-refractivity contribution in [2.24, 2.45) is 0 Å². The summed E-state index contributed by atoms with van der Waals surface area (Å²) >= 11 is 0. The second kappa shape index (κ2) is 6.40.